The third kappa shape index (κ3) is 3.29. The first-order chi connectivity index (χ1) is 9.88. The van der Waals surface area contributed by atoms with E-state index in [4.69, 9.17) is 21.4 Å². The van der Waals surface area contributed by atoms with Crippen LogP contribution in [0.1, 0.15) is 15.9 Å². The second-order valence-corrected chi connectivity index (χ2v) is 4.67. The van der Waals surface area contributed by atoms with Gasteiger partial charge in [0.15, 0.2) is 0 Å². The van der Waals surface area contributed by atoms with Crippen molar-refractivity contribution in [2.45, 2.75) is 6.92 Å². The molecule has 0 atom stereocenters. The largest absolute Gasteiger partial charge is 0.478 e. The number of carboxylic acids is 1. The van der Waals surface area contributed by atoms with E-state index in [2.05, 4.69) is 0 Å². The predicted molar refractivity (Wildman–Crippen MR) is 76.3 cm³/mol. The van der Waals surface area contributed by atoms with E-state index < -0.39 is 10.9 Å². The number of ether oxygens (including phenoxy) is 1. The van der Waals surface area contributed by atoms with Crippen molar-refractivity contribution < 1.29 is 19.6 Å². The Bertz CT molecular complexity index is 668. The number of rotatable bonds is 4. The number of aryl methyl sites for hydroxylation is 1. The molecule has 6 nitrogen and oxygen atoms in total. The molecule has 0 saturated carbocycles. The molecule has 0 radical (unpaired) electrons. The van der Waals surface area contributed by atoms with Gasteiger partial charge in [0.25, 0.3) is 5.69 Å². The van der Waals surface area contributed by atoms with E-state index in [1.165, 1.54) is 36.4 Å². The van der Waals surface area contributed by atoms with Crippen LogP contribution in [0.4, 0.5) is 5.69 Å². The van der Waals surface area contributed by atoms with Gasteiger partial charge >= 0.3 is 5.97 Å². The SMILES string of the molecule is Cc1cc([N+](=O)[O-])ccc1Oc1ccc(C(=O)O)cc1Cl. The molecular formula is C14H10ClNO5. The van der Waals surface area contributed by atoms with Crippen molar-refractivity contribution in [3.63, 3.8) is 0 Å². The molecule has 0 spiro atoms. The molecule has 108 valence electrons. The Hall–Kier alpha value is -2.60. The van der Waals surface area contributed by atoms with Crippen LogP contribution in [0.5, 0.6) is 11.5 Å². The molecule has 7 heteroatoms. The first kappa shape index (κ1) is 14.8. The van der Waals surface area contributed by atoms with Gasteiger partial charge < -0.3 is 9.84 Å². The lowest BCUT2D eigenvalue weighted by Gasteiger charge is -2.10. The number of benzene rings is 2. The maximum atomic E-state index is 10.8. The zero-order valence-corrected chi connectivity index (χ0v) is 11.6. The highest BCUT2D eigenvalue weighted by Crippen LogP contribution is 2.33. The number of hydrogen-bond donors (Lipinski definition) is 1. The van der Waals surface area contributed by atoms with Crippen LogP contribution >= 0.6 is 11.6 Å². The number of non-ortho nitro benzene ring substituents is 1. The average molecular weight is 308 g/mol. The van der Waals surface area contributed by atoms with Crippen LogP contribution in [0.25, 0.3) is 0 Å². The number of nitro benzene ring substituents is 1. The highest BCUT2D eigenvalue weighted by Gasteiger charge is 2.12. The van der Waals surface area contributed by atoms with Crippen LogP contribution in [0, 0.1) is 17.0 Å². The molecule has 21 heavy (non-hydrogen) atoms. The van der Waals surface area contributed by atoms with Gasteiger partial charge in [-0.15, -0.1) is 0 Å². The van der Waals surface area contributed by atoms with Gasteiger partial charge in [-0.05, 0) is 36.8 Å². The maximum Gasteiger partial charge on any atom is 0.335 e. The van der Waals surface area contributed by atoms with Crippen LogP contribution in [0.15, 0.2) is 36.4 Å². The molecule has 0 aliphatic carbocycles. The van der Waals surface area contributed by atoms with Crippen molar-refractivity contribution in [2.24, 2.45) is 0 Å². The molecule has 0 fully saturated rings. The molecule has 0 bridgehead atoms. The fourth-order valence-electron chi connectivity index (χ4n) is 1.70. The van der Waals surface area contributed by atoms with Gasteiger partial charge in [-0.25, -0.2) is 4.79 Å². The highest BCUT2D eigenvalue weighted by molar-refractivity contribution is 6.32. The number of nitro groups is 1. The Labute approximate surface area is 124 Å². The lowest BCUT2D eigenvalue weighted by atomic mass is 10.2. The first-order valence-electron chi connectivity index (χ1n) is 5.84. The summed E-state index contributed by atoms with van der Waals surface area (Å²) >= 11 is 5.96. The number of aromatic carboxylic acids is 1. The van der Waals surface area contributed by atoms with Gasteiger partial charge in [0, 0.05) is 12.1 Å². The molecule has 2 aromatic rings. The maximum absolute atomic E-state index is 10.8. The van der Waals surface area contributed by atoms with Crippen LogP contribution in [0.3, 0.4) is 0 Å². The van der Waals surface area contributed by atoms with Crippen LogP contribution in [-0.4, -0.2) is 16.0 Å². The van der Waals surface area contributed by atoms with Gasteiger partial charge in [-0.2, -0.15) is 0 Å². The third-order valence-electron chi connectivity index (χ3n) is 2.77. The van der Waals surface area contributed by atoms with Gasteiger partial charge in [0.1, 0.15) is 11.5 Å². The Balaban J connectivity index is 2.30. The molecule has 0 saturated heterocycles. The minimum absolute atomic E-state index is 0.0350. The Kier molecular flexibility index (Phi) is 4.09. The summed E-state index contributed by atoms with van der Waals surface area (Å²) in [6, 6.07) is 8.25. The molecule has 0 amide bonds. The Morgan fingerprint density at radius 1 is 1.24 bits per heavy atom. The van der Waals surface area contributed by atoms with E-state index in [1.807, 2.05) is 0 Å². The minimum Gasteiger partial charge on any atom is -0.478 e. The summed E-state index contributed by atoms with van der Waals surface area (Å²) in [5.74, 6) is -0.404. The standard InChI is InChI=1S/C14H10ClNO5/c1-8-6-10(16(19)20)3-5-12(8)21-13-4-2-9(14(17)18)7-11(13)15/h2-7H,1H3,(H,17,18). The van der Waals surface area contributed by atoms with Crippen molar-refractivity contribution >= 4 is 23.3 Å². The van der Waals surface area contributed by atoms with Gasteiger partial charge in [0.05, 0.1) is 15.5 Å². The normalized spacial score (nSPS) is 10.2. The number of carbonyl (C=O) groups is 1. The molecule has 2 aromatic carbocycles. The van der Waals surface area contributed by atoms with E-state index in [1.54, 1.807) is 6.92 Å². The lowest BCUT2D eigenvalue weighted by Crippen LogP contribution is -1.97. The second-order valence-electron chi connectivity index (χ2n) is 4.26. The zero-order valence-electron chi connectivity index (χ0n) is 10.9. The smallest absolute Gasteiger partial charge is 0.335 e. The summed E-state index contributed by atoms with van der Waals surface area (Å²) in [7, 11) is 0. The van der Waals surface area contributed by atoms with Gasteiger partial charge in [-0.3, -0.25) is 10.1 Å². The summed E-state index contributed by atoms with van der Waals surface area (Å²) in [5, 5.41) is 19.7. The molecule has 0 aliphatic rings. The molecule has 0 heterocycles. The minimum atomic E-state index is -1.09. The van der Waals surface area contributed by atoms with Crippen molar-refractivity contribution in [2.75, 3.05) is 0 Å². The predicted octanol–water partition coefficient (Wildman–Crippen LogP) is 4.05. The summed E-state index contributed by atoms with van der Waals surface area (Å²) in [6.45, 7) is 1.67. The molecular weight excluding hydrogens is 298 g/mol. The van der Waals surface area contributed by atoms with Crippen molar-refractivity contribution in [1.82, 2.24) is 0 Å². The van der Waals surface area contributed by atoms with E-state index in [-0.39, 0.29) is 22.0 Å². The molecule has 0 aromatic heterocycles. The second kappa shape index (κ2) is 5.80. The van der Waals surface area contributed by atoms with Gasteiger partial charge in [0.2, 0.25) is 0 Å². The van der Waals surface area contributed by atoms with E-state index in [9.17, 15) is 14.9 Å². The van der Waals surface area contributed by atoms with E-state index >= 15 is 0 Å². The topological polar surface area (TPSA) is 89.7 Å². The van der Waals surface area contributed by atoms with Crippen LogP contribution < -0.4 is 4.74 Å². The average Bonchev–Trinajstić information content (AvgIpc) is 2.42. The number of hydrogen-bond acceptors (Lipinski definition) is 4. The number of nitrogens with zero attached hydrogens (tertiary/aromatic N) is 1. The fraction of sp³-hybridized carbons (Fsp3) is 0.0714. The number of carboxylic acid groups (broad SMARTS) is 1. The Morgan fingerprint density at radius 2 is 1.90 bits per heavy atom. The third-order valence-corrected chi connectivity index (χ3v) is 3.06. The monoisotopic (exact) mass is 307 g/mol. The van der Waals surface area contributed by atoms with Crippen LogP contribution in [0.2, 0.25) is 5.02 Å². The van der Waals surface area contributed by atoms with Crippen LogP contribution in [-0.2, 0) is 0 Å². The fourth-order valence-corrected chi connectivity index (χ4v) is 1.92. The zero-order chi connectivity index (χ0) is 15.6. The van der Waals surface area contributed by atoms with Crippen molar-refractivity contribution in [3.8, 4) is 11.5 Å². The summed E-state index contributed by atoms with van der Waals surface area (Å²) in [6.07, 6.45) is 0. The summed E-state index contributed by atoms with van der Waals surface area (Å²) in [5.41, 5.74) is 0.586. The van der Waals surface area contributed by atoms with Crippen molar-refractivity contribution in [1.29, 1.82) is 0 Å². The van der Waals surface area contributed by atoms with Crippen molar-refractivity contribution in [3.05, 3.63) is 62.7 Å². The lowest BCUT2D eigenvalue weighted by molar-refractivity contribution is -0.384. The first-order valence-corrected chi connectivity index (χ1v) is 6.22. The molecule has 1 N–H and O–H groups in total. The molecule has 0 unspecified atom stereocenters. The highest BCUT2D eigenvalue weighted by atomic mass is 35.5. The summed E-state index contributed by atoms with van der Waals surface area (Å²) in [4.78, 5) is 21.0. The molecule has 2 rings (SSSR count). The number of halogens is 1. The molecule has 0 aliphatic heterocycles. The van der Waals surface area contributed by atoms with E-state index in [0.717, 1.165) is 0 Å². The Morgan fingerprint density at radius 3 is 2.43 bits per heavy atom. The van der Waals surface area contributed by atoms with E-state index in [0.29, 0.717) is 11.3 Å². The van der Waals surface area contributed by atoms with Gasteiger partial charge in [-0.1, -0.05) is 11.6 Å². The quantitative estimate of drug-likeness (QED) is 0.680. The summed E-state index contributed by atoms with van der Waals surface area (Å²) < 4.78 is 5.56.